The molecule has 2 aliphatic heterocycles. The Hall–Kier alpha value is -0.530. The zero-order valence-electron chi connectivity index (χ0n) is 18.8. The first-order valence-corrected chi connectivity index (χ1v) is 11.4. The lowest BCUT2D eigenvalue weighted by atomic mass is 9.95. The summed E-state index contributed by atoms with van der Waals surface area (Å²) in [5, 5.41) is 3.38. The Morgan fingerprint density at radius 1 is 0.964 bits per heavy atom. The minimum Gasteiger partial charge on any atom is -0.379 e. The molecule has 0 radical (unpaired) electrons. The van der Waals surface area contributed by atoms with E-state index in [9.17, 15) is 4.79 Å². The number of rotatable bonds is 12. The van der Waals surface area contributed by atoms with Gasteiger partial charge in [0.25, 0.3) is 0 Å². The quantitative estimate of drug-likeness (QED) is 0.506. The van der Waals surface area contributed by atoms with E-state index in [2.05, 4.69) is 33.9 Å². The largest absolute Gasteiger partial charge is 0.379 e. The van der Waals surface area contributed by atoms with Crippen molar-refractivity contribution >= 4 is 5.78 Å². The van der Waals surface area contributed by atoms with Crippen molar-refractivity contribution in [2.24, 2.45) is 11.8 Å². The number of likely N-dealkylation sites (tertiary alicyclic amines) is 1. The van der Waals surface area contributed by atoms with E-state index in [1.165, 1.54) is 32.5 Å². The number of Topliss-reactive ketones (excluding diaryl/α,β-unsaturated/α-hetero) is 1. The van der Waals surface area contributed by atoms with Gasteiger partial charge >= 0.3 is 0 Å². The Labute approximate surface area is 174 Å². The van der Waals surface area contributed by atoms with Gasteiger partial charge in [0.1, 0.15) is 5.78 Å². The lowest BCUT2D eigenvalue weighted by Gasteiger charge is -2.38. The van der Waals surface area contributed by atoms with Crippen LogP contribution < -0.4 is 5.32 Å². The summed E-state index contributed by atoms with van der Waals surface area (Å²) < 4.78 is 5.74. The highest BCUT2D eigenvalue weighted by molar-refractivity contribution is 5.82. The van der Waals surface area contributed by atoms with Gasteiger partial charge in [-0.2, -0.15) is 0 Å². The third-order valence-corrected chi connectivity index (χ3v) is 6.06. The number of nitrogens with zero attached hydrogens (tertiary/aromatic N) is 3. The first-order chi connectivity index (χ1) is 13.4. The topological polar surface area (TPSA) is 48.1 Å². The van der Waals surface area contributed by atoms with Crippen molar-refractivity contribution in [1.29, 1.82) is 0 Å². The fourth-order valence-electron chi connectivity index (χ4n) is 4.01. The maximum absolute atomic E-state index is 11.9. The third kappa shape index (κ3) is 9.31. The fraction of sp³-hybridized carbons (Fsp3) is 0.955. The van der Waals surface area contributed by atoms with Gasteiger partial charge in [-0.3, -0.25) is 14.6 Å². The number of ether oxygens (including phenoxy) is 1. The maximum Gasteiger partial charge on any atom is 0.149 e. The number of carbonyl (C=O) groups is 1. The van der Waals surface area contributed by atoms with Crippen molar-refractivity contribution in [3.63, 3.8) is 0 Å². The lowest BCUT2D eigenvalue weighted by Crippen LogP contribution is -2.49. The van der Waals surface area contributed by atoms with Gasteiger partial charge in [-0.25, -0.2) is 0 Å². The van der Waals surface area contributed by atoms with Crippen LogP contribution in [0.25, 0.3) is 0 Å². The second-order valence-electron chi connectivity index (χ2n) is 9.20. The summed E-state index contributed by atoms with van der Waals surface area (Å²) in [6.07, 6.45) is 2.48. The summed E-state index contributed by atoms with van der Waals surface area (Å²) in [5.41, 5.74) is 0. The van der Waals surface area contributed by atoms with Gasteiger partial charge in [0, 0.05) is 59.2 Å². The first kappa shape index (κ1) is 23.7. The van der Waals surface area contributed by atoms with Crippen molar-refractivity contribution in [2.75, 3.05) is 78.7 Å². The molecular weight excluding hydrogens is 352 g/mol. The van der Waals surface area contributed by atoms with E-state index < -0.39 is 0 Å². The highest BCUT2D eigenvalue weighted by atomic mass is 16.5. The Bertz CT molecular complexity index is 435. The molecule has 2 heterocycles. The van der Waals surface area contributed by atoms with Crippen LogP contribution in [0.5, 0.6) is 0 Å². The Balaban J connectivity index is 0.00000420. The van der Waals surface area contributed by atoms with Crippen LogP contribution in [0, 0.1) is 11.8 Å². The number of hydrogen-bond donors (Lipinski definition) is 1. The number of piperazine rings is 1. The number of piperidine rings is 1. The SMILES string of the molecule is CC(C)NCCOCCN1CCN(CC2CCN(CC(=O)C(C)C)CC2)CC1.[HH]. The number of ketones is 1. The Kier molecular flexibility index (Phi) is 10.9. The van der Waals surface area contributed by atoms with Crippen LogP contribution in [-0.2, 0) is 9.53 Å². The minimum atomic E-state index is 0. The summed E-state index contributed by atoms with van der Waals surface area (Å²) in [6.45, 7) is 20.7. The van der Waals surface area contributed by atoms with Crippen LogP contribution in [0.15, 0.2) is 0 Å². The molecule has 0 atom stereocenters. The Morgan fingerprint density at radius 3 is 2.21 bits per heavy atom. The van der Waals surface area contributed by atoms with Gasteiger partial charge in [0.2, 0.25) is 0 Å². The molecule has 0 unspecified atom stereocenters. The molecule has 0 amide bonds. The zero-order chi connectivity index (χ0) is 20.4. The molecule has 0 bridgehead atoms. The molecule has 0 aliphatic carbocycles. The molecule has 166 valence electrons. The van der Waals surface area contributed by atoms with Crippen LogP contribution in [-0.4, -0.2) is 105 Å². The van der Waals surface area contributed by atoms with Gasteiger partial charge in [-0.15, -0.1) is 0 Å². The van der Waals surface area contributed by atoms with Crippen LogP contribution in [0.1, 0.15) is 42.0 Å². The van der Waals surface area contributed by atoms with E-state index in [0.717, 1.165) is 58.4 Å². The van der Waals surface area contributed by atoms with Gasteiger partial charge in [0.15, 0.2) is 0 Å². The van der Waals surface area contributed by atoms with E-state index in [-0.39, 0.29) is 7.34 Å². The summed E-state index contributed by atoms with van der Waals surface area (Å²) in [5.74, 6) is 1.35. The van der Waals surface area contributed by atoms with Crippen molar-refractivity contribution in [3.8, 4) is 0 Å². The van der Waals surface area contributed by atoms with Crippen LogP contribution in [0.4, 0.5) is 0 Å². The minimum absolute atomic E-state index is 0. The normalized spacial score (nSPS) is 21.1. The average molecular weight is 399 g/mol. The van der Waals surface area contributed by atoms with Gasteiger partial charge in [-0.05, 0) is 31.8 Å². The second-order valence-corrected chi connectivity index (χ2v) is 9.20. The summed E-state index contributed by atoms with van der Waals surface area (Å²) in [6, 6.07) is 0.534. The summed E-state index contributed by atoms with van der Waals surface area (Å²) >= 11 is 0. The predicted octanol–water partition coefficient (Wildman–Crippen LogP) is 1.80. The molecular formula is C22H46N4O2. The zero-order valence-corrected chi connectivity index (χ0v) is 18.8. The van der Waals surface area contributed by atoms with E-state index in [4.69, 9.17) is 4.74 Å². The highest BCUT2D eigenvalue weighted by Gasteiger charge is 2.25. The van der Waals surface area contributed by atoms with Crippen molar-refractivity contribution < 1.29 is 11.0 Å². The molecule has 0 aromatic heterocycles. The predicted molar refractivity (Wildman–Crippen MR) is 118 cm³/mol. The maximum atomic E-state index is 11.9. The molecule has 0 saturated carbocycles. The molecule has 0 spiro atoms. The van der Waals surface area contributed by atoms with E-state index in [1.54, 1.807) is 0 Å². The average Bonchev–Trinajstić information content (AvgIpc) is 2.67. The summed E-state index contributed by atoms with van der Waals surface area (Å²) in [7, 11) is 0. The van der Waals surface area contributed by atoms with Crippen LogP contribution >= 0.6 is 0 Å². The molecule has 0 aromatic rings. The van der Waals surface area contributed by atoms with E-state index in [1.807, 2.05) is 13.8 Å². The lowest BCUT2D eigenvalue weighted by molar-refractivity contribution is -0.123. The molecule has 28 heavy (non-hydrogen) atoms. The first-order valence-electron chi connectivity index (χ1n) is 11.4. The third-order valence-electron chi connectivity index (χ3n) is 6.06. The van der Waals surface area contributed by atoms with Crippen molar-refractivity contribution in [3.05, 3.63) is 0 Å². The number of nitrogens with one attached hydrogen (secondary N) is 1. The van der Waals surface area contributed by atoms with Crippen LogP contribution in [0.2, 0.25) is 0 Å². The monoisotopic (exact) mass is 398 g/mol. The summed E-state index contributed by atoms with van der Waals surface area (Å²) in [4.78, 5) is 19.5. The van der Waals surface area contributed by atoms with Crippen molar-refractivity contribution in [2.45, 2.75) is 46.6 Å². The molecule has 6 nitrogen and oxygen atoms in total. The van der Waals surface area contributed by atoms with Gasteiger partial charge < -0.3 is 15.0 Å². The molecule has 0 aromatic carbocycles. The molecule has 2 rings (SSSR count). The second kappa shape index (κ2) is 12.9. The van der Waals surface area contributed by atoms with Crippen LogP contribution in [0.3, 0.4) is 0 Å². The van der Waals surface area contributed by atoms with Gasteiger partial charge in [-0.1, -0.05) is 27.7 Å². The fourth-order valence-corrected chi connectivity index (χ4v) is 4.01. The highest BCUT2D eigenvalue weighted by Crippen LogP contribution is 2.19. The number of hydrogen-bond acceptors (Lipinski definition) is 6. The number of carbonyl (C=O) groups excluding carboxylic acids is 1. The van der Waals surface area contributed by atoms with Crippen molar-refractivity contribution in [1.82, 2.24) is 20.0 Å². The molecule has 2 saturated heterocycles. The molecule has 2 aliphatic rings. The molecule has 6 heteroatoms. The van der Waals surface area contributed by atoms with E-state index >= 15 is 0 Å². The standard InChI is InChI=1S/C22H44N4O2.H2/c1-19(2)22(27)18-25-8-5-21(6-9-25)17-26-12-10-24(11-13-26)14-16-28-15-7-23-20(3)4;/h19-21,23H,5-18H2,1-4H3;1H. The van der Waals surface area contributed by atoms with Gasteiger partial charge in [0.05, 0.1) is 19.8 Å². The Morgan fingerprint density at radius 2 is 1.61 bits per heavy atom. The smallest absolute Gasteiger partial charge is 0.149 e. The van der Waals surface area contributed by atoms with E-state index in [0.29, 0.717) is 18.4 Å². The molecule has 1 N–H and O–H groups in total. The molecule has 2 fully saturated rings.